The van der Waals surface area contributed by atoms with Gasteiger partial charge in [-0.05, 0) is 71.8 Å². The van der Waals surface area contributed by atoms with Gasteiger partial charge in [-0.25, -0.2) is 0 Å². The summed E-state index contributed by atoms with van der Waals surface area (Å²) in [6, 6.07) is 27.7. The number of rotatable bonds is 15. The fraction of sp³-hybridized carbons (Fsp3) is 0.457. The molecule has 8 heteroatoms. The molecule has 2 fully saturated rings. The summed E-state index contributed by atoms with van der Waals surface area (Å²) in [4.78, 5) is 29.7. The summed E-state index contributed by atoms with van der Waals surface area (Å²) in [5, 5.41) is 9.72. The van der Waals surface area contributed by atoms with Crippen LogP contribution in [0.2, 0.25) is 0 Å². The van der Waals surface area contributed by atoms with Crippen molar-refractivity contribution in [1.82, 2.24) is 4.90 Å². The molecule has 228 valence electrons. The van der Waals surface area contributed by atoms with Crippen molar-refractivity contribution in [2.24, 2.45) is 5.41 Å². The monoisotopic (exact) mass is 586 g/mol. The summed E-state index contributed by atoms with van der Waals surface area (Å²) < 4.78 is 12.1. The number of hydrogen-bond donors (Lipinski definition) is 0. The molecule has 0 unspecified atom stereocenters. The summed E-state index contributed by atoms with van der Waals surface area (Å²) in [5.74, 6) is -0.00192. The van der Waals surface area contributed by atoms with Gasteiger partial charge in [0.2, 0.25) is 5.91 Å². The van der Waals surface area contributed by atoms with E-state index in [1.807, 2.05) is 18.2 Å². The highest BCUT2D eigenvalue weighted by molar-refractivity contribution is 5.76. The Bertz CT molecular complexity index is 1360. The molecule has 2 aliphatic rings. The first-order valence-electron chi connectivity index (χ1n) is 15.3. The number of piperidine rings is 1. The van der Waals surface area contributed by atoms with Gasteiger partial charge >= 0.3 is 0 Å². The second-order valence-corrected chi connectivity index (χ2v) is 11.9. The van der Waals surface area contributed by atoms with Crippen LogP contribution in [-0.2, 0) is 31.9 Å². The van der Waals surface area contributed by atoms with Gasteiger partial charge in [-0.1, -0.05) is 78.9 Å². The Balaban J connectivity index is 1.30. The van der Waals surface area contributed by atoms with Crippen LogP contribution < -0.4 is 0 Å². The van der Waals surface area contributed by atoms with Crippen molar-refractivity contribution >= 4 is 5.91 Å². The normalized spacial score (nSPS) is 19.1. The molecule has 1 aliphatic heterocycles. The fourth-order valence-corrected chi connectivity index (χ4v) is 6.26. The van der Waals surface area contributed by atoms with Crippen LogP contribution in [0.5, 0.6) is 0 Å². The maximum absolute atomic E-state index is 13.0. The van der Waals surface area contributed by atoms with Gasteiger partial charge in [0, 0.05) is 32.7 Å². The zero-order valence-electron chi connectivity index (χ0n) is 25.0. The number of carbonyl (C=O) groups is 1. The van der Waals surface area contributed by atoms with E-state index in [2.05, 4.69) is 65.5 Å². The number of aryl methyl sites for hydroxylation is 1. The third-order valence-corrected chi connectivity index (χ3v) is 8.89. The summed E-state index contributed by atoms with van der Waals surface area (Å²) in [7, 11) is 1.74. The molecule has 0 spiro atoms. The molecule has 1 heterocycles. The molecule has 1 saturated heterocycles. The molecule has 43 heavy (non-hydrogen) atoms. The minimum atomic E-state index is -0.851. The van der Waals surface area contributed by atoms with Gasteiger partial charge in [0.15, 0.2) is 0 Å². The molecule has 0 aromatic heterocycles. The third kappa shape index (κ3) is 8.42. The van der Waals surface area contributed by atoms with E-state index in [0.717, 1.165) is 50.7 Å². The summed E-state index contributed by atoms with van der Waals surface area (Å²) in [6.45, 7) is 2.21. The highest BCUT2D eigenvalue weighted by atomic mass is 16.9. The van der Waals surface area contributed by atoms with E-state index in [4.69, 9.17) is 9.47 Å². The van der Waals surface area contributed by atoms with E-state index in [1.165, 1.54) is 22.3 Å². The maximum atomic E-state index is 13.0. The summed E-state index contributed by atoms with van der Waals surface area (Å²) >= 11 is 0. The summed E-state index contributed by atoms with van der Waals surface area (Å²) in [5.41, 5.74) is 6.42. The van der Waals surface area contributed by atoms with Crippen LogP contribution in [-0.4, -0.2) is 62.0 Å². The lowest BCUT2D eigenvalue weighted by Crippen LogP contribution is -2.47. The van der Waals surface area contributed by atoms with Gasteiger partial charge in [-0.15, -0.1) is 10.1 Å². The predicted octanol–water partition coefficient (Wildman–Crippen LogP) is 6.26. The van der Waals surface area contributed by atoms with E-state index in [1.54, 1.807) is 12.0 Å². The Labute approximate surface area is 254 Å². The Morgan fingerprint density at radius 2 is 1.72 bits per heavy atom. The fourth-order valence-electron chi connectivity index (χ4n) is 6.26. The largest absolute Gasteiger partial charge is 0.385 e. The quantitative estimate of drug-likeness (QED) is 0.119. The predicted molar refractivity (Wildman–Crippen MR) is 165 cm³/mol. The van der Waals surface area contributed by atoms with Crippen molar-refractivity contribution in [1.29, 1.82) is 0 Å². The molecular formula is C35H42N2O6. The number of carbonyl (C=O) groups excluding carboxylic acids is 1. The van der Waals surface area contributed by atoms with Gasteiger partial charge in [0.05, 0.1) is 19.1 Å². The highest BCUT2D eigenvalue weighted by Crippen LogP contribution is 2.50. The number of likely N-dealkylation sites (tertiary alicyclic amines) is 1. The number of nitrogens with zero attached hydrogens (tertiary/aromatic N) is 2. The first-order chi connectivity index (χ1) is 21.0. The molecule has 1 saturated carbocycles. The number of methoxy groups -OCH3 is 1. The lowest BCUT2D eigenvalue weighted by atomic mass is 9.85. The Kier molecular flexibility index (Phi) is 10.4. The lowest BCUT2D eigenvalue weighted by molar-refractivity contribution is -0.757. The van der Waals surface area contributed by atoms with Crippen molar-refractivity contribution in [3.8, 4) is 11.1 Å². The smallest absolute Gasteiger partial charge is 0.294 e. The van der Waals surface area contributed by atoms with E-state index in [9.17, 15) is 14.9 Å². The van der Waals surface area contributed by atoms with Gasteiger partial charge in [-0.3, -0.25) is 4.79 Å². The van der Waals surface area contributed by atoms with Crippen LogP contribution >= 0.6 is 0 Å². The summed E-state index contributed by atoms with van der Waals surface area (Å²) in [6.07, 6.45) is 5.81. The maximum Gasteiger partial charge on any atom is 0.294 e. The molecule has 5 rings (SSSR count). The SMILES string of the molecule is COCCCc1ccccc1CC1(CO[C@H]2CN(C(=O)CCO[N+](=O)[O-])CC[C@@H]2c2cccc(-c3ccccc3)c2)CC1. The van der Waals surface area contributed by atoms with Gasteiger partial charge < -0.3 is 19.2 Å². The van der Waals surface area contributed by atoms with Gasteiger partial charge in [0.25, 0.3) is 5.09 Å². The molecular weight excluding hydrogens is 544 g/mol. The molecule has 0 bridgehead atoms. The minimum absolute atomic E-state index is 0.0222. The van der Waals surface area contributed by atoms with Crippen LogP contribution in [0.3, 0.4) is 0 Å². The minimum Gasteiger partial charge on any atom is -0.385 e. The van der Waals surface area contributed by atoms with Crippen molar-refractivity contribution in [2.45, 2.75) is 57.0 Å². The molecule has 2 atom stereocenters. The van der Waals surface area contributed by atoms with Crippen molar-refractivity contribution in [3.63, 3.8) is 0 Å². The number of hydrogen-bond acceptors (Lipinski definition) is 6. The molecule has 3 aromatic rings. The first kappa shape index (κ1) is 30.7. The first-order valence-corrected chi connectivity index (χ1v) is 15.3. The molecule has 0 N–H and O–H groups in total. The lowest BCUT2D eigenvalue weighted by Gasteiger charge is -2.39. The van der Waals surface area contributed by atoms with Crippen LogP contribution in [0.15, 0.2) is 78.9 Å². The molecule has 8 nitrogen and oxygen atoms in total. The van der Waals surface area contributed by atoms with Crippen molar-refractivity contribution in [2.75, 3.05) is 40.0 Å². The second-order valence-electron chi connectivity index (χ2n) is 11.9. The van der Waals surface area contributed by atoms with Crippen LogP contribution in [0, 0.1) is 15.5 Å². The zero-order valence-corrected chi connectivity index (χ0v) is 25.0. The van der Waals surface area contributed by atoms with E-state index < -0.39 is 5.09 Å². The van der Waals surface area contributed by atoms with Crippen LogP contribution in [0.1, 0.15) is 54.7 Å². The van der Waals surface area contributed by atoms with E-state index >= 15 is 0 Å². The van der Waals surface area contributed by atoms with Crippen LogP contribution in [0.4, 0.5) is 0 Å². The third-order valence-electron chi connectivity index (χ3n) is 8.89. The van der Waals surface area contributed by atoms with Crippen molar-refractivity contribution in [3.05, 3.63) is 106 Å². The average Bonchev–Trinajstić information content (AvgIpc) is 3.80. The standard InChI is InChI=1S/C35H42N2O6/c1-41-21-8-15-28-11-5-6-12-31(28)24-35(18-19-35)26-42-33-25-36(34(38)17-22-43-37(39)40)20-16-32(33)30-14-7-13-29(23-30)27-9-3-2-4-10-27/h2-7,9-14,23,32-33H,8,15-22,24-26H2,1H3/t32-,33+/m1/s1. The van der Waals surface area contributed by atoms with Crippen molar-refractivity contribution < 1.29 is 24.2 Å². The molecule has 1 amide bonds. The van der Waals surface area contributed by atoms with Gasteiger partial charge in [0.1, 0.15) is 6.61 Å². The molecule has 0 radical (unpaired) electrons. The number of ether oxygens (including phenoxy) is 2. The number of amides is 1. The molecule has 3 aromatic carbocycles. The Morgan fingerprint density at radius 3 is 2.47 bits per heavy atom. The topological polar surface area (TPSA) is 91.1 Å². The number of benzene rings is 3. The average molecular weight is 587 g/mol. The van der Waals surface area contributed by atoms with Crippen LogP contribution in [0.25, 0.3) is 11.1 Å². The zero-order chi connectivity index (χ0) is 30.1. The Hall–Kier alpha value is -3.75. The second kappa shape index (κ2) is 14.6. The highest BCUT2D eigenvalue weighted by Gasteiger charge is 2.45. The van der Waals surface area contributed by atoms with E-state index in [-0.39, 0.29) is 36.4 Å². The molecule has 1 aliphatic carbocycles. The van der Waals surface area contributed by atoms with Gasteiger partial charge in [-0.2, -0.15) is 0 Å². The Morgan fingerprint density at radius 1 is 0.977 bits per heavy atom. The van der Waals surface area contributed by atoms with E-state index in [0.29, 0.717) is 19.7 Å².